The number of fused-ring (bicyclic) bond motifs is 1. The molecular formula is C33H41F4N7O8S2. The normalized spacial score (nSPS) is 15.0. The van der Waals surface area contributed by atoms with Crippen molar-refractivity contribution in [2.75, 3.05) is 19.6 Å². The van der Waals surface area contributed by atoms with E-state index in [1.807, 2.05) is 32.0 Å². The number of alkyl halides is 3. The fraction of sp³-hybridized carbons (Fsp3) is 0.455. The first kappa shape index (κ1) is 43.5. The number of carboxylic acids is 1. The molecular weight excluding hydrogens is 763 g/mol. The van der Waals surface area contributed by atoms with Crippen LogP contribution in [0.4, 0.5) is 22.4 Å². The molecule has 2 heterocycles. The van der Waals surface area contributed by atoms with Gasteiger partial charge < -0.3 is 31.9 Å². The molecule has 2 atom stereocenters. The molecule has 1 aliphatic rings. The average molecular weight is 804 g/mol. The summed E-state index contributed by atoms with van der Waals surface area (Å²) in [6, 6.07) is 10.2. The van der Waals surface area contributed by atoms with Crippen molar-refractivity contribution in [3.8, 4) is 0 Å². The first-order valence-corrected chi connectivity index (χ1v) is 18.8. The van der Waals surface area contributed by atoms with E-state index in [2.05, 4.69) is 20.6 Å². The largest absolute Gasteiger partial charge is 0.490 e. The van der Waals surface area contributed by atoms with Gasteiger partial charge in [-0.2, -0.15) is 17.5 Å². The number of alkyl carbamates (subject to hydrolysis) is 1. The topological polar surface area (TPSA) is 236 Å². The molecule has 0 radical (unpaired) electrons. The van der Waals surface area contributed by atoms with Gasteiger partial charge in [0.15, 0.2) is 11.0 Å². The Morgan fingerprint density at radius 3 is 2.28 bits per heavy atom. The number of amides is 2. The van der Waals surface area contributed by atoms with Crippen molar-refractivity contribution in [3.63, 3.8) is 0 Å². The van der Waals surface area contributed by atoms with Crippen LogP contribution in [0.15, 0.2) is 58.4 Å². The maximum atomic E-state index is 13.6. The number of benzene rings is 2. The number of rotatable bonds is 14. The summed E-state index contributed by atoms with van der Waals surface area (Å²) in [5.41, 5.74) is 11.5. The number of carbonyl (C=O) groups excluding carboxylic acids is 3. The van der Waals surface area contributed by atoms with Gasteiger partial charge in [0.05, 0.1) is 21.2 Å². The van der Waals surface area contributed by atoms with Crippen molar-refractivity contribution >= 4 is 61.3 Å². The Morgan fingerprint density at radius 1 is 1.06 bits per heavy atom. The van der Waals surface area contributed by atoms with Gasteiger partial charge in [0.25, 0.3) is 0 Å². The number of piperidine rings is 1. The molecule has 0 saturated carbocycles. The van der Waals surface area contributed by atoms with Gasteiger partial charge in [-0.15, -0.1) is 11.3 Å². The number of Topliss-reactive ketones (excluding diaryl/α,β-unsaturated/α-hetero) is 1. The van der Waals surface area contributed by atoms with Crippen LogP contribution in [0.5, 0.6) is 0 Å². The van der Waals surface area contributed by atoms with Crippen molar-refractivity contribution < 1.29 is 55.0 Å². The lowest BCUT2D eigenvalue weighted by molar-refractivity contribution is -0.192. The minimum atomic E-state index is -5.08. The summed E-state index contributed by atoms with van der Waals surface area (Å²) in [4.78, 5) is 57.3. The van der Waals surface area contributed by atoms with Crippen LogP contribution in [-0.4, -0.2) is 96.5 Å². The van der Waals surface area contributed by atoms with Crippen molar-refractivity contribution in [1.82, 2.24) is 19.9 Å². The van der Waals surface area contributed by atoms with Crippen LogP contribution in [-0.2, 0) is 24.3 Å². The summed E-state index contributed by atoms with van der Waals surface area (Å²) in [6.07, 6.45) is -5.18. The minimum absolute atomic E-state index is 0.00241. The molecule has 1 aromatic heterocycles. The van der Waals surface area contributed by atoms with Gasteiger partial charge in [0.2, 0.25) is 21.7 Å². The monoisotopic (exact) mass is 803 g/mol. The highest BCUT2D eigenvalue weighted by Gasteiger charge is 2.38. The molecule has 3 aromatic rings. The van der Waals surface area contributed by atoms with Crippen LogP contribution < -0.4 is 22.1 Å². The number of aromatic nitrogens is 1. The summed E-state index contributed by atoms with van der Waals surface area (Å²) in [5.74, 6) is -4.42. The van der Waals surface area contributed by atoms with E-state index in [1.165, 1.54) is 33.8 Å². The summed E-state index contributed by atoms with van der Waals surface area (Å²) < 4.78 is 78.8. The van der Waals surface area contributed by atoms with Gasteiger partial charge in [-0.3, -0.25) is 14.6 Å². The number of carbonyl (C=O) groups is 4. The molecule has 1 saturated heterocycles. The van der Waals surface area contributed by atoms with Crippen LogP contribution in [0.25, 0.3) is 10.2 Å². The Hall–Kier alpha value is -4.89. The maximum Gasteiger partial charge on any atom is 0.490 e. The highest BCUT2D eigenvalue weighted by Crippen LogP contribution is 2.25. The molecule has 1 fully saturated rings. The Bertz CT molecular complexity index is 1880. The van der Waals surface area contributed by atoms with E-state index in [9.17, 15) is 40.4 Å². The van der Waals surface area contributed by atoms with E-state index in [4.69, 9.17) is 26.1 Å². The number of ether oxygens (including phenoxy) is 1. The number of carboxylic acid groups (broad SMARTS) is 1. The number of thiazole rings is 1. The van der Waals surface area contributed by atoms with E-state index in [0.29, 0.717) is 11.9 Å². The Morgan fingerprint density at radius 2 is 1.70 bits per heavy atom. The molecule has 4 rings (SSSR count). The first-order valence-electron chi connectivity index (χ1n) is 16.6. The third kappa shape index (κ3) is 13.2. The second kappa shape index (κ2) is 19.4. The molecule has 0 spiro atoms. The second-order valence-electron chi connectivity index (χ2n) is 12.5. The summed E-state index contributed by atoms with van der Waals surface area (Å²) >= 11 is 1.23. The quantitative estimate of drug-likeness (QED) is 0.0517. The van der Waals surface area contributed by atoms with E-state index in [1.54, 1.807) is 6.07 Å². The number of halogens is 4. The van der Waals surface area contributed by atoms with Gasteiger partial charge in [-0.1, -0.05) is 32.0 Å². The van der Waals surface area contributed by atoms with Crippen molar-refractivity contribution in [3.05, 3.63) is 59.4 Å². The fourth-order valence-electron chi connectivity index (χ4n) is 5.17. The molecule has 1 aliphatic heterocycles. The number of para-hydroxylation sites is 1. The number of hydrogen-bond acceptors (Lipinski definition) is 10. The Labute approximate surface area is 312 Å². The minimum Gasteiger partial charge on any atom is -0.475 e. The summed E-state index contributed by atoms with van der Waals surface area (Å²) in [5, 5.41) is 12.8. The van der Waals surface area contributed by atoms with Crippen LogP contribution in [0.2, 0.25) is 0 Å². The zero-order valence-corrected chi connectivity index (χ0v) is 30.8. The number of aliphatic carboxylic acids is 1. The number of guanidine groups is 1. The van der Waals surface area contributed by atoms with Gasteiger partial charge in [0.1, 0.15) is 18.0 Å². The SMILES string of the molecule is CC(C)C[C@H](NC(=O)OC1CCN(S(=O)(=O)c2cccc(F)c2)CC1)C(=O)N[C@@H](CCCN=C(N)N)C(=O)c1nc2ccccc2s1.O=C(O)C(F)(F)F. The number of ketones is 1. The van der Waals surface area contributed by atoms with Crippen LogP contribution in [0, 0.1) is 11.7 Å². The molecule has 0 unspecified atom stereocenters. The summed E-state index contributed by atoms with van der Waals surface area (Å²) in [7, 11) is -3.91. The Kier molecular flexibility index (Phi) is 15.7. The number of sulfonamides is 1. The van der Waals surface area contributed by atoms with Crippen molar-refractivity contribution in [2.45, 2.75) is 75.2 Å². The molecule has 21 heteroatoms. The highest BCUT2D eigenvalue weighted by atomic mass is 32.2. The number of aliphatic imine (C=N–C) groups is 1. The predicted octanol–water partition coefficient (Wildman–Crippen LogP) is 3.78. The average Bonchev–Trinajstić information content (AvgIpc) is 3.53. The molecule has 2 aromatic carbocycles. The molecule has 2 amide bonds. The molecule has 7 N–H and O–H groups in total. The van der Waals surface area contributed by atoms with Gasteiger partial charge >= 0.3 is 18.2 Å². The lowest BCUT2D eigenvalue weighted by Gasteiger charge is -2.31. The molecule has 0 aliphatic carbocycles. The first-order chi connectivity index (χ1) is 25.3. The van der Waals surface area contributed by atoms with Gasteiger partial charge in [-0.05, 0) is 68.4 Å². The number of nitrogens with one attached hydrogen (secondary N) is 2. The number of nitrogens with zero attached hydrogens (tertiary/aromatic N) is 3. The Balaban J connectivity index is 0.00000102. The predicted molar refractivity (Wildman–Crippen MR) is 191 cm³/mol. The van der Waals surface area contributed by atoms with E-state index in [0.717, 1.165) is 10.8 Å². The van der Waals surface area contributed by atoms with E-state index in [-0.39, 0.29) is 72.9 Å². The van der Waals surface area contributed by atoms with Crippen LogP contribution in [0.3, 0.4) is 0 Å². The zero-order valence-electron chi connectivity index (χ0n) is 29.2. The smallest absolute Gasteiger partial charge is 0.475 e. The summed E-state index contributed by atoms with van der Waals surface area (Å²) in [6.45, 7) is 4.18. The van der Waals surface area contributed by atoms with Crippen molar-refractivity contribution in [2.24, 2.45) is 22.4 Å². The molecule has 296 valence electrons. The molecule has 0 bridgehead atoms. The molecule has 54 heavy (non-hydrogen) atoms. The molecule has 15 nitrogen and oxygen atoms in total. The maximum absolute atomic E-state index is 13.6. The van der Waals surface area contributed by atoms with Crippen LogP contribution >= 0.6 is 11.3 Å². The second-order valence-corrected chi connectivity index (χ2v) is 15.4. The van der Waals surface area contributed by atoms with E-state index >= 15 is 0 Å². The third-order valence-corrected chi connectivity index (χ3v) is 10.7. The lowest BCUT2D eigenvalue weighted by atomic mass is 10.0. The van der Waals surface area contributed by atoms with Crippen LogP contribution in [0.1, 0.15) is 55.8 Å². The van der Waals surface area contributed by atoms with Crippen molar-refractivity contribution in [1.29, 1.82) is 0 Å². The standard InChI is InChI=1S/C31H40FN7O6S2.C2HF3O2/c1-19(2)17-25(38-31(42)45-21-12-15-39(16-13-21)47(43,44)22-8-5-7-20(32)18-22)28(41)36-24(10-6-14-35-30(33)34)27(40)29-37-23-9-3-4-11-26(23)46-29;3-2(4,5)1(6)7/h3-5,7-9,11,18-19,21,24-25H,6,10,12-17H2,1-2H3,(H,36,41)(H,38,42)(H4,33,34,35);(H,6,7)/t24-,25-;/m0./s1. The van der Waals surface area contributed by atoms with E-state index < -0.39 is 58.2 Å². The van der Waals surface area contributed by atoms with Gasteiger partial charge in [-0.25, -0.2) is 27.4 Å². The fourth-order valence-corrected chi connectivity index (χ4v) is 7.63. The zero-order chi connectivity index (χ0) is 40.2. The highest BCUT2D eigenvalue weighted by molar-refractivity contribution is 7.89. The lowest BCUT2D eigenvalue weighted by Crippen LogP contribution is -2.52. The number of nitrogens with two attached hydrogens (primary N) is 2. The third-order valence-electron chi connectivity index (χ3n) is 7.75. The van der Waals surface area contributed by atoms with Gasteiger partial charge in [0, 0.05) is 19.6 Å². The number of hydrogen-bond donors (Lipinski definition) is 5.